The van der Waals surface area contributed by atoms with Gasteiger partial charge in [0, 0.05) is 18.0 Å². The Bertz CT molecular complexity index is 998. The molecule has 1 aromatic carbocycles. The third kappa shape index (κ3) is 9.25. The third-order valence-corrected chi connectivity index (χ3v) is 6.29. The van der Waals surface area contributed by atoms with Crippen LogP contribution >= 0.6 is 0 Å². The average molecular weight is 480 g/mol. The quantitative estimate of drug-likeness (QED) is 0.488. The van der Waals surface area contributed by atoms with Gasteiger partial charge in [0.2, 0.25) is 5.91 Å². The number of benzene rings is 1. The van der Waals surface area contributed by atoms with E-state index in [1.165, 1.54) is 18.2 Å². The predicted molar refractivity (Wildman–Crippen MR) is 124 cm³/mol. The van der Waals surface area contributed by atoms with Crippen molar-refractivity contribution in [3.05, 3.63) is 42.0 Å². The van der Waals surface area contributed by atoms with E-state index in [0.29, 0.717) is 13.0 Å². The molecule has 3 rings (SSSR count). The van der Waals surface area contributed by atoms with Crippen LogP contribution in [0.25, 0.3) is 0 Å². The molecule has 1 saturated carbocycles. The number of amides is 3. The van der Waals surface area contributed by atoms with E-state index < -0.39 is 27.6 Å². The Labute approximate surface area is 195 Å². The van der Waals surface area contributed by atoms with E-state index >= 15 is 0 Å². The number of nitrogens with two attached hydrogens (primary N) is 1. The molecule has 2 bridgehead atoms. The van der Waals surface area contributed by atoms with E-state index in [1.54, 1.807) is 26.8 Å². The van der Waals surface area contributed by atoms with Gasteiger partial charge >= 0.3 is 6.09 Å². The minimum atomic E-state index is -3.98. The number of carbonyl (C=O) groups is 3. The zero-order valence-corrected chi connectivity index (χ0v) is 20.1. The van der Waals surface area contributed by atoms with Crippen molar-refractivity contribution in [3.8, 4) is 0 Å². The summed E-state index contributed by atoms with van der Waals surface area (Å²) in [6.07, 6.45) is 7.87. The first-order chi connectivity index (χ1) is 15.4. The number of carbonyl (C=O) groups excluding carboxylic acids is 3. The van der Waals surface area contributed by atoms with Gasteiger partial charge in [-0.2, -0.15) is 0 Å². The van der Waals surface area contributed by atoms with E-state index in [-0.39, 0.29) is 28.2 Å². The first-order valence-electron chi connectivity index (χ1n) is 11.0. The zero-order valence-electron chi connectivity index (χ0n) is 19.3. The van der Waals surface area contributed by atoms with Gasteiger partial charge in [-0.05, 0) is 70.6 Å². The number of sulfonamides is 1. The van der Waals surface area contributed by atoms with Crippen molar-refractivity contribution in [1.82, 2.24) is 10.0 Å². The van der Waals surface area contributed by atoms with Crippen molar-refractivity contribution in [2.45, 2.75) is 63.4 Å². The fourth-order valence-corrected chi connectivity index (χ4v) is 4.32. The summed E-state index contributed by atoms with van der Waals surface area (Å²) >= 11 is 0. The van der Waals surface area contributed by atoms with E-state index in [9.17, 15) is 22.8 Å². The molecule has 33 heavy (non-hydrogen) atoms. The van der Waals surface area contributed by atoms with Gasteiger partial charge in [0.15, 0.2) is 0 Å². The third-order valence-electron chi connectivity index (χ3n) is 4.94. The number of rotatable bonds is 0. The van der Waals surface area contributed by atoms with Crippen LogP contribution in [0.1, 0.15) is 63.2 Å². The highest BCUT2D eigenvalue weighted by Crippen LogP contribution is 2.40. The van der Waals surface area contributed by atoms with Gasteiger partial charge in [0.25, 0.3) is 15.9 Å². The van der Waals surface area contributed by atoms with E-state index in [1.807, 2.05) is 6.08 Å². The minimum Gasteiger partial charge on any atom is -0.444 e. The van der Waals surface area contributed by atoms with Crippen molar-refractivity contribution >= 4 is 27.9 Å². The molecule has 1 fully saturated rings. The molecule has 2 atom stereocenters. The van der Waals surface area contributed by atoms with Gasteiger partial charge in [-0.3, -0.25) is 9.59 Å². The maximum atomic E-state index is 12.4. The Kier molecular flexibility index (Phi) is 9.04. The van der Waals surface area contributed by atoms with Crippen LogP contribution in [0, 0.1) is 11.8 Å². The lowest BCUT2D eigenvalue weighted by molar-refractivity contribution is -0.120. The number of nitrogens with one attached hydrogen (secondary N) is 2. The molecule has 1 aliphatic heterocycles. The first kappa shape index (κ1) is 26.4. The second-order valence-electron chi connectivity index (χ2n) is 9.07. The standard InChI is InChI=1S/C18H22N2O4S.C5H11NO2/c21-17-14-8-6-9-15(11-14)25(23,24)20-18(22)16-12-13(16)7-4-2-1-3-5-10-19-17;1-5(2,3)8-4(6)7/h4,6-9,11,13,16H,1-3,5,10,12H2,(H,19,21)(H,20,22);1-3H3,(H2,6,7)/b7-4-;/t13?,16-;/m0./s1. The van der Waals surface area contributed by atoms with E-state index in [2.05, 4.69) is 20.9 Å². The molecular weight excluding hydrogens is 446 g/mol. The molecule has 0 spiro atoms. The molecule has 0 saturated heterocycles. The van der Waals surface area contributed by atoms with Crippen LogP contribution in [0.15, 0.2) is 41.3 Å². The van der Waals surface area contributed by atoms with Gasteiger partial charge in [-0.15, -0.1) is 0 Å². The minimum absolute atomic E-state index is 0.0782. The van der Waals surface area contributed by atoms with Crippen molar-refractivity contribution in [3.63, 3.8) is 0 Å². The molecule has 1 aliphatic carbocycles. The van der Waals surface area contributed by atoms with Crippen molar-refractivity contribution in [1.29, 1.82) is 0 Å². The molecule has 9 nitrogen and oxygen atoms in total. The highest BCUT2D eigenvalue weighted by atomic mass is 32.2. The summed E-state index contributed by atoms with van der Waals surface area (Å²) in [7, 11) is -3.98. The normalized spacial score (nSPS) is 23.8. The molecule has 4 N–H and O–H groups in total. The summed E-state index contributed by atoms with van der Waals surface area (Å²) in [6.45, 7) is 5.84. The molecule has 1 unspecified atom stereocenters. The second kappa shape index (κ2) is 11.3. The van der Waals surface area contributed by atoms with Crippen LogP contribution in [0.3, 0.4) is 0 Å². The zero-order chi connectivity index (χ0) is 24.6. The Morgan fingerprint density at radius 3 is 2.52 bits per heavy atom. The van der Waals surface area contributed by atoms with Gasteiger partial charge < -0.3 is 15.8 Å². The smallest absolute Gasteiger partial charge is 0.405 e. The molecule has 2 aliphatic rings. The van der Waals surface area contributed by atoms with Gasteiger partial charge in [-0.1, -0.05) is 24.6 Å². The van der Waals surface area contributed by atoms with Crippen LogP contribution < -0.4 is 15.8 Å². The molecule has 1 heterocycles. The highest BCUT2D eigenvalue weighted by Gasteiger charge is 2.42. The van der Waals surface area contributed by atoms with Crippen molar-refractivity contribution < 1.29 is 27.5 Å². The number of hydrogen-bond acceptors (Lipinski definition) is 6. The van der Waals surface area contributed by atoms with Crippen molar-refractivity contribution in [2.24, 2.45) is 17.6 Å². The molecule has 10 heteroatoms. The highest BCUT2D eigenvalue weighted by molar-refractivity contribution is 7.90. The number of ether oxygens (including phenoxy) is 1. The number of hydrogen-bond donors (Lipinski definition) is 3. The van der Waals surface area contributed by atoms with Crippen LogP contribution in [-0.4, -0.2) is 38.5 Å². The summed E-state index contributed by atoms with van der Waals surface area (Å²) in [5.74, 6) is -0.947. The lowest BCUT2D eigenvalue weighted by Gasteiger charge is -2.16. The predicted octanol–water partition coefficient (Wildman–Crippen LogP) is 2.87. The number of allylic oxidation sites excluding steroid dienone is 2. The second-order valence-corrected chi connectivity index (χ2v) is 10.8. The van der Waals surface area contributed by atoms with Gasteiger partial charge in [-0.25, -0.2) is 17.9 Å². The Balaban J connectivity index is 0.000000414. The van der Waals surface area contributed by atoms with Crippen LogP contribution in [0.2, 0.25) is 0 Å². The maximum absolute atomic E-state index is 12.4. The monoisotopic (exact) mass is 479 g/mol. The Morgan fingerprint density at radius 2 is 1.88 bits per heavy atom. The van der Waals surface area contributed by atoms with E-state index in [4.69, 9.17) is 5.73 Å². The van der Waals surface area contributed by atoms with Gasteiger partial charge in [0.1, 0.15) is 5.60 Å². The topological polar surface area (TPSA) is 145 Å². The molecule has 0 aromatic heterocycles. The van der Waals surface area contributed by atoms with Crippen molar-refractivity contribution in [2.75, 3.05) is 6.54 Å². The lowest BCUT2D eigenvalue weighted by atomic mass is 10.1. The Morgan fingerprint density at radius 1 is 1.15 bits per heavy atom. The van der Waals surface area contributed by atoms with Gasteiger partial charge in [0.05, 0.1) is 4.90 Å². The van der Waals surface area contributed by atoms with Crippen LogP contribution in [0.4, 0.5) is 4.79 Å². The summed E-state index contributed by atoms with van der Waals surface area (Å²) in [5.41, 5.74) is 4.53. The number of primary amides is 1. The maximum Gasteiger partial charge on any atom is 0.405 e. The van der Waals surface area contributed by atoms with Crippen LogP contribution in [-0.2, 0) is 19.6 Å². The molecular formula is C23H33N3O6S. The average Bonchev–Trinajstić information content (AvgIpc) is 3.47. The molecule has 0 radical (unpaired) electrons. The fourth-order valence-electron chi connectivity index (χ4n) is 3.24. The molecule has 3 amide bonds. The summed E-state index contributed by atoms with van der Waals surface area (Å²) in [6, 6.07) is 5.74. The summed E-state index contributed by atoms with van der Waals surface area (Å²) in [5, 5.41) is 2.80. The summed E-state index contributed by atoms with van der Waals surface area (Å²) < 4.78 is 31.5. The summed E-state index contributed by atoms with van der Waals surface area (Å²) in [4.78, 5) is 34.3. The lowest BCUT2D eigenvalue weighted by Crippen LogP contribution is -2.32. The van der Waals surface area contributed by atoms with Crippen LogP contribution in [0.5, 0.6) is 0 Å². The number of fused-ring (bicyclic) bond motifs is 3. The molecule has 1 aromatic rings. The SMILES string of the molecule is CC(C)(C)OC(N)=O.O=C1NCCCCC/C=C\C2C[C@@H]2C(=O)NS(=O)(=O)c2cccc1c2. The fraction of sp³-hybridized carbons (Fsp3) is 0.522. The molecule has 182 valence electrons. The first-order valence-corrected chi connectivity index (χ1v) is 12.5. The Hall–Kier alpha value is -2.88. The van der Waals surface area contributed by atoms with E-state index in [0.717, 1.165) is 25.7 Å². The largest absolute Gasteiger partial charge is 0.444 e.